The van der Waals surface area contributed by atoms with E-state index in [0.29, 0.717) is 17.0 Å². The summed E-state index contributed by atoms with van der Waals surface area (Å²) in [7, 11) is -3.81. The second-order valence-corrected chi connectivity index (χ2v) is 7.15. The number of hydrogen-bond acceptors (Lipinski definition) is 3. The van der Waals surface area contributed by atoms with Crippen LogP contribution in [-0.4, -0.2) is 32.3 Å². The number of carbonyl (C=O) groups excluding carboxylic acids is 1. The van der Waals surface area contributed by atoms with E-state index in [-0.39, 0.29) is 10.8 Å². The van der Waals surface area contributed by atoms with Gasteiger partial charge in [0.1, 0.15) is 0 Å². The molecule has 1 heterocycles. The molecule has 20 heavy (non-hydrogen) atoms. The molecular weight excluding hydrogens is 276 g/mol. The molecule has 0 saturated carbocycles. The zero-order valence-corrected chi connectivity index (χ0v) is 12.8. The number of primary sulfonamides is 1. The third-order valence-corrected chi connectivity index (χ3v) is 4.82. The van der Waals surface area contributed by atoms with Crippen LogP contribution in [0.25, 0.3) is 0 Å². The second kappa shape index (κ2) is 5.18. The maximum atomic E-state index is 12.5. The van der Waals surface area contributed by atoms with Crippen LogP contribution in [0.3, 0.4) is 0 Å². The number of nitrogens with zero attached hydrogens (tertiary/aromatic N) is 1. The molecule has 6 heteroatoms. The number of likely N-dealkylation sites (tertiary alicyclic amines) is 1. The van der Waals surface area contributed by atoms with Gasteiger partial charge in [-0.15, -0.1) is 0 Å². The van der Waals surface area contributed by atoms with Crippen LogP contribution in [0.1, 0.15) is 34.8 Å². The van der Waals surface area contributed by atoms with Gasteiger partial charge < -0.3 is 4.90 Å². The van der Waals surface area contributed by atoms with Crippen LogP contribution in [-0.2, 0) is 10.0 Å². The van der Waals surface area contributed by atoms with Crippen LogP contribution in [0, 0.1) is 19.8 Å². The fraction of sp³-hybridized carbons (Fsp3) is 0.500. The smallest absolute Gasteiger partial charge is 0.254 e. The molecule has 5 nitrogen and oxygen atoms in total. The summed E-state index contributed by atoms with van der Waals surface area (Å²) in [6.07, 6.45) is 0.985. The number of carbonyl (C=O) groups is 1. The molecule has 110 valence electrons. The van der Waals surface area contributed by atoms with Crippen molar-refractivity contribution in [3.8, 4) is 0 Å². The van der Waals surface area contributed by atoms with Gasteiger partial charge in [0.05, 0.1) is 4.90 Å². The van der Waals surface area contributed by atoms with Gasteiger partial charge in [0.15, 0.2) is 0 Å². The van der Waals surface area contributed by atoms with Gasteiger partial charge in [-0.2, -0.15) is 0 Å². The topological polar surface area (TPSA) is 80.5 Å². The predicted molar refractivity (Wildman–Crippen MR) is 77.0 cm³/mol. The Bertz CT molecular complexity index is 653. The van der Waals surface area contributed by atoms with Crippen molar-refractivity contribution < 1.29 is 13.2 Å². The maximum Gasteiger partial charge on any atom is 0.254 e. The van der Waals surface area contributed by atoms with Gasteiger partial charge in [-0.05, 0) is 43.4 Å². The molecule has 1 aromatic rings. The van der Waals surface area contributed by atoms with Crippen molar-refractivity contribution in [2.45, 2.75) is 32.1 Å². The van der Waals surface area contributed by atoms with E-state index in [1.807, 2.05) is 6.92 Å². The summed E-state index contributed by atoms with van der Waals surface area (Å²) in [5, 5.41) is 5.20. The number of aryl methyl sites for hydroxylation is 2. The van der Waals surface area contributed by atoms with E-state index >= 15 is 0 Å². The third kappa shape index (κ3) is 2.86. The molecule has 2 N–H and O–H groups in total. The van der Waals surface area contributed by atoms with Crippen molar-refractivity contribution in [1.82, 2.24) is 4.90 Å². The highest BCUT2D eigenvalue weighted by atomic mass is 32.2. The number of benzene rings is 1. The van der Waals surface area contributed by atoms with E-state index in [2.05, 4.69) is 6.92 Å². The van der Waals surface area contributed by atoms with Gasteiger partial charge >= 0.3 is 0 Å². The van der Waals surface area contributed by atoms with Crippen molar-refractivity contribution in [3.63, 3.8) is 0 Å². The van der Waals surface area contributed by atoms with Crippen molar-refractivity contribution in [1.29, 1.82) is 0 Å². The van der Waals surface area contributed by atoms with E-state index in [1.54, 1.807) is 17.9 Å². The Kier molecular flexibility index (Phi) is 3.88. The molecule has 1 atom stereocenters. The second-order valence-electron chi connectivity index (χ2n) is 5.62. The van der Waals surface area contributed by atoms with E-state index in [4.69, 9.17) is 5.14 Å². The van der Waals surface area contributed by atoms with Crippen LogP contribution in [0.2, 0.25) is 0 Å². The average Bonchev–Trinajstić information content (AvgIpc) is 2.73. The number of amides is 1. The van der Waals surface area contributed by atoms with Crippen LogP contribution in [0.4, 0.5) is 0 Å². The van der Waals surface area contributed by atoms with E-state index < -0.39 is 10.0 Å². The molecule has 0 aromatic heterocycles. The first-order valence-electron chi connectivity index (χ1n) is 6.63. The standard InChI is InChI=1S/C14H20N2O3S/c1-9-4-5-16(8-9)14(17)12-7-13(20(15,18)19)11(3)6-10(12)2/h6-7,9H,4-5,8H2,1-3H3,(H2,15,18,19). The molecule has 1 amide bonds. The van der Waals surface area contributed by atoms with Crippen LogP contribution < -0.4 is 5.14 Å². The Hall–Kier alpha value is -1.40. The summed E-state index contributed by atoms with van der Waals surface area (Å²) in [4.78, 5) is 14.3. The largest absolute Gasteiger partial charge is 0.338 e. The van der Waals surface area contributed by atoms with Gasteiger partial charge in [0.2, 0.25) is 10.0 Å². The zero-order valence-electron chi connectivity index (χ0n) is 12.0. The summed E-state index contributed by atoms with van der Waals surface area (Å²) in [5.74, 6) is 0.374. The summed E-state index contributed by atoms with van der Waals surface area (Å²) in [6, 6.07) is 3.11. The lowest BCUT2D eigenvalue weighted by Crippen LogP contribution is -2.29. The molecule has 1 aromatic carbocycles. The third-order valence-electron chi connectivity index (χ3n) is 3.77. The molecule has 1 saturated heterocycles. The zero-order chi connectivity index (χ0) is 15.1. The minimum absolute atomic E-state index is 0.0266. The van der Waals surface area contributed by atoms with Gasteiger partial charge in [-0.3, -0.25) is 4.79 Å². The lowest BCUT2D eigenvalue weighted by molar-refractivity contribution is 0.0787. The molecule has 0 aliphatic carbocycles. The lowest BCUT2D eigenvalue weighted by Gasteiger charge is -2.18. The first kappa shape index (κ1) is 15.0. The Morgan fingerprint density at radius 1 is 1.30 bits per heavy atom. The highest BCUT2D eigenvalue weighted by molar-refractivity contribution is 7.89. The molecule has 0 spiro atoms. The molecule has 1 aliphatic heterocycles. The van der Waals surface area contributed by atoms with E-state index in [0.717, 1.165) is 25.1 Å². The Balaban J connectivity index is 2.44. The monoisotopic (exact) mass is 296 g/mol. The quantitative estimate of drug-likeness (QED) is 0.896. The van der Waals surface area contributed by atoms with Crippen molar-refractivity contribution in [2.75, 3.05) is 13.1 Å². The Labute approximate surface area is 119 Å². The molecule has 2 rings (SSSR count). The minimum atomic E-state index is -3.81. The number of hydrogen-bond donors (Lipinski definition) is 1. The Morgan fingerprint density at radius 3 is 2.45 bits per heavy atom. The average molecular weight is 296 g/mol. The first-order valence-corrected chi connectivity index (χ1v) is 8.18. The molecule has 1 fully saturated rings. The Morgan fingerprint density at radius 2 is 1.95 bits per heavy atom. The lowest BCUT2D eigenvalue weighted by atomic mass is 10.0. The molecule has 0 bridgehead atoms. The predicted octanol–water partition coefficient (Wildman–Crippen LogP) is 1.43. The van der Waals surface area contributed by atoms with E-state index in [1.165, 1.54) is 6.07 Å². The number of sulfonamides is 1. The normalized spacial score (nSPS) is 19.4. The SMILES string of the molecule is Cc1cc(C)c(S(N)(=O)=O)cc1C(=O)N1CCC(C)C1. The fourth-order valence-electron chi connectivity index (χ4n) is 2.66. The molecular formula is C14H20N2O3S. The summed E-state index contributed by atoms with van der Waals surface area (Å²) >= 11 is 0. The van der Waals surface area contributed by atoms with E-state index in [9.17, 15) is 13.2 Å². The van der Waals surface area contributed by atoms with Gasteiger partial charge in [-0.1, -0.05) is 13.0 Å². The summed E-state index contributed by atoms with van der Waals surface area (Å²) in [5.41, 5.74) is 1.77. The van der Waals surface area contributed by atoms with Crippen molar-refractivity contribution in [3.05, 3.63) is 28.8 Å². The van der Waals surface area contributed by atoms with Crippen molar-refractivity contribution in [2.24, 2.45) is 11.1 Å². The fourth-order valence-corrected chi connectivity index (χ4v) is 3.45. The minimum Gasteiger partial charge on any atom is -0.338 e. The number of rotatable bonds is 2. The van der Waals surface area contributed by atoms with Crippen LogP contribution in [0.15, 0.2) is 17.0 Å². The summed E-state index contributed by atoms with van der Waals surface area (Å²) in [6.45, 7) is 7.03. The first-order chi connectivity index (χ1) is 9.20. The number of nitrogens with two attached hydrogens (primary N) is 1. The van der Waals surface area contributed by atoms with Crippen LogP contribution >= 0.6 is 0 Å². The van der Waals surface area contributed by atoms with Crippen molar-refractivity contribution >= 4 is 15.9 Å². The maximum absolute atomic E-state index is 12.5. The van der Waals surface area contributed by atoms with Gasteiger partial charge in [0.25, 0.3) is 5.91 Å². The molecule has 1 unspecified atom stereocenters. The van der Waals surface area contributed by atoms with Gasteiger partial charge in [0, 0.05) is 18.7 Å². The highest BCUT2D eigenvalue weighted by Crippen LogP contribution is 2.23. The molecule has 0 radical (unpaired) electrons. The van der Waals surface area contributed by atoms with Crippen LogP contribution in [0.5, 0.6) is 0 Å². The highest BCUT2D eigenvalue weighted by Gasteiger charge is 2.26. The van der Waals surface area contributed by atoms with Gasteiger partial charge in [-0.25, -0.2) is 13.6 Å². The summed E-state index contributed by atoms with van der Waals surface area (Å²) < 4.78 is 23.1. The molecule has 1 aliphatic rings.